The van der Waals surface area contributed by atoms with E-state index >= 15 is 0 Å². The van der Waals surface area contributed by atoms with Crippen LogP contribution >= 0.6 is 0 Å². The highest BCUT2D eigenvalue weighted by Gasteiger charge is 2.52. The zero-order valence-electron chi connectivity index (χ0n) is 28.0. The summed E-state index contributed by atoms with van der Waals surface area (Å²) >= 11 is 0. The molecule has 4 atom stereocenters. The van der Waals surface area contributed by atoms with Crippen LogP contribution in [-0.4, -0.2) is 69.3 Å². The van der Waals surface area contributed by atoms with Crippen LogP contribution < -0.4 is 15.1 Å². The Bertz CT molecular complexity index is 1440. The summed E-state index contributed by atoms with van der Waals surface area (Å²) in [7, 11) is -1.23. The smallest absolute Gasteiger partial charge is 0.261 e. The van der Waals surface area contributed by atoms with Gasteiger partial charge in [0, 0.05) is 18.4 Å². The number of aliphatic hydroxyl groups is 1. The van der Waals surface area contributed by atoms with Gasteiger partial charge >= 0.3 is 0 Å². The maximum atomic E-state index is 13.9. The largest absolute Gasteiger partial charge is 0.497 e. The van der Waals surface area contributed by atoms with Crippen LogP contribution in [0.1, 0.15) is 32.8 Å². The van der Waals surface area contributed by atoms with E-state index < -0.39 is 37.4 Å². The normalized spacial score (nSPS) is 14.7. The van der Waals surface area contributed by atoms with E-state index in [9.17, 15) is 9.32 Å². The Morgan fingerprint density at radius 1 is 0.787 bits per heavy atom. The minimum absolute atomic E-state index is 0.0199. The molecule has 7 nitrogen and oxygen atoms in total. The van der Waals surface area contributed by atoms with E-state index in [4.69, 9.17) is 23.4 Å². The lowest BCUT2D eigenvalue weighted by molar-refractivity contribution is -0.136. The van der Waals surface area contributed by atoms with Gasteiger partial charge in [0.15, 0.2) is 0 Å². The number of methoxy groups -OCH3 is 2. The summed E-state index contributed by atoms with van der Waals surface area (Å²) in [6.07, 6.45) is -1.96. The third kappa shape index (κ3) is 9.93. The topological polar surface area (TPSA) is 83.5 Å². The number of ether oxygens (including phenoxy) is 4. The van der Waals surface area contributed by atoms with Gasteiger partial charge in [-0.1, -0.05) is 112 Å². The predicted octanol–water partition coefficient (Wildman–Crippen LogP) is 5.70. The molecule has 0 radical (unpaired) electrons. The second-order valence-corrected chi connectivity index (χ2v) is 18.3. The van der Waals surface area contributed by atoms with Gasteiger partial charge in [0.05, 0.1) is 49.1 Å². The third-order valence-corrected chi connectivity index (χ3v) is 14.7. The van der Waals surface area contributed by atoms with E-state index in [1.807, 2.05) is 91.0 Å². The first-order valence-corrected chi connectivity index (χ1v) is 19.1. The lowest BCUT2D eigenvalue weighted by Crippen LogP contribution is -2.68. The maximum absolute atomic E-state index is 13.9. The fourth-order valence-electron chi connectivity index (χ4n) is 5.81. The van der Waals surface area contributed by atoms with Gasteiger partial charge in [-0.15, -0.1) is 0 Å². The Kier molecular flexibility index (Phi) is 13.9. The molecule has 0 spiro atoms. The summed E-state index contributed by atoms with van der Waals surface area (Å²) < 4.78 is 43.9. The fourth-order valence-corrected chi connectivity index (χ4v) is 11.8. The standard InChI is InChI=1S/C38H48O7SSi/c1-38(2,3)47(34-17-11-7-12-18-34,35-19-13-8-14-20-35)45-32(28-46(40)33-15-9-6-10-16-33)25-37(44-29-41-4)36(39)27-43-26-30-21-23-31(42-5)24-22-30/h6-24,32,36-37,39H,25-29H2,1-5H3/t32-,36+,37+,46?/m0/s1. The summed E-state index contributed by atoms with van der Waals surface area (Å²) in [4.78, 5) is 0.723. The predicted molar refractivity (Wildman–Crippen MR) is 190 cm³/mol. The summed E-state index contributed by atoms with van der Waals surface area (Å²) in [5, 5.41) is 13.4. The van der Waals surface area contributed by atoms with Crippen LogP contribution in [-0.2, 0) is 36.0 Å². The van der Waals surface area contributed by atoms with Crippen LogP contribution in [0, 0.1) is 0 Å². The zero-order chi connectivity index (χ0) is 33.7. The van der Waals surface area contributed by atoms with Crippen LogP contribution in [0.3, 0.4) is 0 Å². The van der Waals surface area contributed by atoms with Gasteiger partial charge in [-0.2, -0.15) is 0 Å². The van der Waals surface area contributed by atoms with Crippen molar-refractivity contribution in [1.82, 2.24) is 0 Å². The van der Waals surface area contributed by atoms with Crippen molar-refractivity contribution in [2.45, 2.75) is 62.0 Å². The van der Waals surface area contributed by atoms with Crippen molar-refractivity contribution in [3.8, 4) is 5.75 Å². The maximum Gasteiger partial charge on any atom is 0.261 e. The van der Waals surface area contributed by atoms with Crippen LogP contribution in [0.4, 0.5) is 0 Å². The first-order chi connectivity index (χ1) is 22.7. The second kappa shape index (κ2) is 17.8. The first-order valence-electron chi connectivity index (χ1n) is 15.9. The van der Waals surface area contributed by atoms with Crippen LogP contribution in [0.25, 0.3) is 0 Å². The molecule has 0 aromatic heterocycles. The molecule has 1 unspecified atom stereocenters. The fraction of sp³-hybridized carbons (Fsp3) is 0.368. The number of benzene rings is 4. The molecule has 252 valence electrons. The molecule has 9 heteroatoms. The molecule has 0 amide bonds. The van der Waals surface area contributed by atoms with Gasteiger partial charge in [-0.05, 0) is 45.2 Å². The Hall–Kier alpha value is -3.15. The highest BCUT2D eigenvalue weighted by molar-refractivity contribution is 7.85. The quantitative estimate of drug-likeness (QED) is 0.107. The highest BCUT2D eigenvalue weighted by Crippen LogP contribution is 2.38. The Labute approximate surface area is 283 Å². The Balaban J connectivity index is 1.67. The molecule has 0 heterocycles. The molecule has 0 fully saturated rings. The molecule has 1 N–H and O–H groups in total. The van der Waals surface area contributed by atoms with Crippen molar-refractivity contribution in [1.29, 1.82) is 0 Å². The highest BCUT2D eigenvalue weighted by atomic mass is 32.2. The number of hydrogen-bond donors (Lipinski definition) is 1. The molecule has 0 bridgehead atoms. The van der Waals surface area contributed by atoms with Crippen LogP contribution in [0.2, 0.25) is 5.04 Å². The van der Waals surface area contributed by atoms with E-state index in [2.05, 4.69) is 45.0 Å². The third-order valence-electron chi connectivity index (χ3n) is 8.14. The van der Waals surface area contributed by atoms with E-state index in [0.717, 1.165) is 26.6 Å². The lowest BCUT2D eigenvalue weighted by Gasteiger charge is -2.45. The Morgan fingerprint density at radius 2 is 1.34 bits per heavy atom. The average Bonchev–Trinajstić information content (AvgIpc) is 3.09. The van der Waals surface area contributed by atoms with Crippen molar-refractivity contribution in [2.24, 2.45) is 0 Å². The minimum Gasteiger partial charge on any atom is -0.497 e. The molecule has 0 saturated carbocycles. The van der Waals surface area contributed by atoms with Crippen molar-refractivity contribution < 1.29 is 32.7 Å². The van der Waals surface area contributed by atoms with Gasteiger partial charge in [-0.25, -0.2) is 0 Å². The average molecular weight is 677 g/mol. The SMILES string of the molecule is COCO[C@H](C[C@@H](CS(=O)c1ccccc1)O[Si](c1ccccc1)(c1ccccc1)C(C)(C)C)[C@H](O)COCc1ccc(OC)cc1. The van der Waals surface area contributed by atoms with Crippen LogP contribution in [0.5, 0.6) is 5.75 Å². The molecule has 4 aromatic rings. The molecular formula is C38H48O7SSi. The summed E-state index contributed by atoms with van der Waals surface area (Å²) in [6, 6.07) is 37.8. The van der Waals surface area contributed by atoms with E-state index in [-0.39, 0.29) is 30.6 Å². The van der Waals surface area contributed by atoms with Crippen molar-refractivity contribution in [2.75, 3.05) is 33.4 Å². The monoisotopic (exact) mass is 676 g/mol. The molecule has 4 rings (SSSR count). The summed E-state index contributed by atoms with van der Waals surface area (Å²) in [5.41, 5.74) is 0.957. The van der Waals surface area contributed by atoms with E-state index in [0.29, 0.717) is 6.61 Å². The number of rotatable bonds is 18. The zero-order valence-corrected chi connectivity index (χ0v) is 29.9. The van der Waals surface area contributed by atoms with Crippen molar-refractivity contribution in [3.63, 3.8) is 0 Å². The van der Waals surface area contributed by atoms with Gasteiger partial charge in [0.25, 0.3) is 8.32 Å². The van der Waals surface area contributed by atoms with Gasteiger partial charge in [0.1, 0.15) is 18.6 Å². The summed E-state index contributed by atoms with van der Waals surface area (Å²) in [5.74, 6) is 0.988. The van der Waals surface area contributed by atoms with E-state index in [1.54, 1.807) is 14.2 Å². The van der Waals surface area contributed by atoms with Crippen molar-refractivity contribution in [3.05, 3.63) is 121 Å². The first kappa shape index (κ1) is 36.7. The van der Waals surface area contributed by atoms with Gasteiger partial charge < -0.3 is 28.5 Å². The number of hydrogen-bond acceptors (Lipinski definition) is 7. The van der Waals surface area contributed by atoms with Gasteiger partial charge in [0.2, 0.25) is 0 Å². The second-order valence-electron chi connectivity index (χ2n) is 12.5. The molecule has 0 aliphatic heterocycles. The molecule has 0 aliphatic rings. The van der Waals surface area contributed by atoms with Gasteiger partial charge in [-0.3, -0.25) is 4.21 Å². The van der Waals surface area contributed by atoms with Crippen molar-refractivity contribution >= 4 is 29.5 Å². The molecule has 0 aliphatic carbocycles. The number of aliphatic hydroxyl groups excluding tert-OH is 1. The van der Waals surface area contributed by atoms with E-state index in [1.165, 1.54) is 0 Å². The Morgan fingerprint density at radius 3 is 1.85 bits per heavy atom. The molecule has 47 heavy (non-hydrogen) atoms. The summed E-state index contributed by atoms with van der Waals surface area (Å²) in [6.45, 7) is 6.97. The van der Waals surface area contributed by atoms with Crippen LogP contribution in [0.15, 0.2) is 120 Å². The molecule has 0 saturated heterocycles. The minimum atomic E-state index is -3.03. The molecular weight excluding hydrogens is 629 g/mol. The lowest BCUT2D eigenvalue weighted by atomic mass is 10.1. The molecule has 4 aromatic carbocycles.